The Morgan fingerprint density at radius 2 is 1.60 bits per heavy atom. The van der Waals surface area contributed by atoms with Gasteiger partial charge in [-0.15, -0.1) is 0 Å². The molecule has 1 nitrogen and oxygen atoms in total. The van der Waals surface area contributed by atoms with Gasteiger partial charge in [-0.2, -0.15) is 4.39 Å². The molecule has 0 radical (unpaired) electrons. The molecule has 0 aliphatic heterocycles. The van der Waals surface area contributed by atoms with Crippen molar-refractivity contribution in [1.29, 1.82) is 0 Å². The van der Waals surface area contributed by atoms with Crippen LogP contribution >= 0.6 is 0 Å². The number of benzene rings is 2. The van der Waals surface area contributed by atoms with Gasteiger partial charge in [0.1, 0.15) is 5.82 Å². The highest BCUT2D eigenvalue weighted by Crippen LogP contribution is 2.40. The second kappa shape index (κ2) is 8.87. The van der Waals surface area contributed by atoms with Gasteiger partial charge in [0.05, 0.1) is 7.11 Å². The molecular weight excluding hydrogens is 385 g/mol. The highest BCUT2D eigenvalue weighted by atomic mass is 19.2. The quantitative estimate of drug-likeness (QED) is 0.463. The first kappa shape index (κ1) is 21.0. The summed E-state index contributed by atoms with van der Waals surface area (Å²) in [6.45, 7) is 2.25. The van der Waals surface area contributed by atoms with E-state index in [4.69, 9.17) is 4.74 Å². The summed E-state index contributed by atoms with van der Waals surface area (Å²) in [4.78, 5) is 0. The van der Waals surface area contributed by atoms with Gasteiger partial charge in [0.25, 0.3) is 0 Å². The Balaban J connectivity index is 1.56. The number of ether oxygens (including phenoxy) is 1. The molecule has 0 heterocycles. The number of methoxy groups -OCH3 is 1. The van der Waals surface area contributed by atoms with E-state index in [0.29, 0.717) is 17.9 Å². The van der Waals surface area contributed by atoms with E-state index in [1.54, 1.807) is 6.07 Å². The fourth-order valence-corrected chi connectivity index (χ4v) is 5.22. The average molecular weight is 415 g/mol. The summed E-state index contributed by atoms with van der Waals surface area (Å²) in [5, 5.41) is 0. The third kappa shape index (κ3) is 3.89. The first-order valence-corrected chi connectivity index (χ1v) is 11.0. The third-order valence-corrected chi connectivity index (χ3v) is 6.93. The van der Waals surface area contributed by atoms with Gasteiger partial charge >= 0.3 is 0 Å². The van der Waals surface area contributed by atoms with E-state index in [1.807, 2.05) is 6.07 Å². The van der Waals surface area contributed by atoms with Crippen molar-refractivity contribution < 1.29 is 17.9 Å². The number of fused-ring (bicyclic) bond motifs is 1. The molecule has 2 aliphatic carbocycles. The lowest BCUT2D eigenvalue weighted by atomic mass is 9.74. The van der Waals surface area contributed by atoms with Crippen molar-refractivity contribution in [1.82, 2.24) is 0 Å². The fourth-order valence-electron chi connectivity index (χ4n) is 5.22. The van der Waals surface area contributed by atoms with Crippen molar-refractivity contribution in [3.8, 4) is 16.9 Å². The van der Waals surface area contributed by atoms with Gasteiger partial charge in [-0.05, 0) is 73.6 Å². The Morgan fingerprint density at radius 1 is 0.900 bits per heavy atom. The molecule has 0 spiro atoms. The zero-order chi connectivity index (χ0) is 21.3. The van der Waals surface area contributed by atoms with Crippen LogP contribution in [0.5, 0.6) is 5.75 Å². The molecule has 0 bridgehead atoms. The van der Waals surface area contributed by atoms with Crippen molar-refractivity contribution in [3.05, 3.63) is 64.5 Å². The highest BCUT2D eigenvalue weighted by Gasteiger charge is 2.27. The summed E-state index contributed by atoms with van der Waals surface area (Å²) in [6.07, 6.45) is 11.1. The number of allylic oxidation sites excluding steroid dienone is 2. The molecule has 0 aromatic heterocycles. The van der Waals surface area contributed by atoms with Crippen LogP contribution in [0.2, 0.25) is 0 Å². The second-order valence-electron chi connectivity index (χ2n) is 8.67. The number of hydrogen-bond acceptors (Lipinski definition) is 1. The van der Waals surface area contributed by atoms with Crippen molar-refractivity contribution in [3.63, 3.8) is 0 Å². The minimum atomic E-state index is -1.09. The maximum absolute atomic E-state index is 15.3. The van der Waals surface area contributed by atoms with Crippen molar-refractivity contribution >= 4 is 0 Å². The maximum atomic E-state index is 15.3. The Kier molecular flexibility index (Phi) is 6.21. The Bertz CT molecular complexity index is 955. The summed E-state index contributed by atoms with van der Waals surface area (Å²) in [6, 6.07) is 6.17. The van der Waals surface area contributed by atoms with Crippen molar-refractivity contribution in [2.75, 3.05) is 7.11 Å². The molecular formula is C26H29F3O. The zero-order valence-electron chi connectivity index (χ0n) is 17.7. The molecule has 160 valence electrons. The van der Waals surface area contributed by atoms with Gasteiger partial charge in [-0.1, -0.05) is 43.5 Å². The Labute approximate surface area is 177 Å². The molecule has 30 heavy (non-hydrogen) atoms. The molecule has 0 atom stereocenters. The van der Waals surface area contributed by atoms with E-state index in [0.717, 1.165) is 17.9 Å². The molecule has 2 aromatic rings. The molecule has 1 fully saturated rings. The van der Waals surface area contributed by atoms with Gasteiger partial charge in [0, 0.05) is 11.1 Å². The lowest BCUT2D eigenvalue weighted by molar-refractivity contribution is 0.283. The van der Waals surface area contributed by atoms with E-state index in [2.05, 4.69) is 13.0 Å². The minimum Gasteiger partial charge on any atom is -0.494 e. The molecule has 0 saturated heterocycles. The zero-order valence-corrected chi connectivity index (χ0v) is 17.7. The minimum absolute atomic E-state index is 0.0716. The normalized spacial score (nSPS) is 21.2. The number of rotatable bonds is 5. The molecule has 1 saturated carbocycles. The predicted molar refractivity (Wildman–Crippen MR) is 114 cm³/mol. The monoisotopic (exact) mass is 414 g/mol. The number of hydrogen-bond donors (Lipinski definition) is 0. The van der Waals surface area contributed by atoms with E-state index in [-0.39, 0.29) is 16.9 Å². The smallest absolute Gasteiger partial charge is 0.201 e. The highest BCUT2D eigenvalue weighted by molar-refractivity contribution is 5.68. The van der Waals surface area contributed by atoms with Crippen LogP contribution in [0.25, 0.3) is 11.1 Å². The first-order valence-electron chi connectivity index (χ1n) is 11.0. The van der Waals surface area contributed by atoms with E-state index in [1.165, 1.54) is 63.3 Å². The molecule has 0 amide bonds. The van der Waals surface area contributed by atoms with Crippen LogP contribution in [0.1, 0.15) is 56.6 Å². The molecule has 2 aliphatic rings. The van der Waals surface area contributed by atoms with Crippen LogP contribution in [0.3, 0.4) is 0 Å². The Hall–Kier alpha value is -2.23. The van der Waals surface area contributed by atoms with Gasteiger partial charge in [0.2, 0.25) is 5.82 Å². The van der Waals surface area contributed by atoms with Crippen LogP contribution in [0, 0.1) is 29.3 Å². The SMILES string of the molecule is CCCC1CCC(C2=CCc3c(ccc(-c4ccc(OC)c(F)c4F)c3F)C2)CC1. The van der Waals surface area contributed by atoms with Gasteiger partial charge in [-0.25, -0.2) is 8.78 Å². The summed E-state index contributed by atoms with van der Waals surface area (Å²) < 4.78 is 48.7. The fraction of sp³-hybridized carbons (Fsp3) is 0.462. The Morgan fingerprint density at radius 3 is 2.30 bits per heavy atom. The second-order valence-corrected chi connectivity index (χ2v) is 8.67. The number of halogens is 3. The summed E-state index contributed by atoms with van der Waals surface area (Å²) >= 11 is 0. The summed E-state index contributed by atoms with van der Waals surface area (Å²) in [7, 11) is 1.27. The average Bonchev–Trinajstić information content (AvgIpc) is 2.77. The van der Waals surface area contributed by atoms with Crippen molar-refractivity contribution in [2.24, 2.45) is 11.8 Å². The van der Waals surface area contributed by atoms with Gasteiger partial charge in [0.15, 0.2) is 11.6 Å². The molecule has 0 unspecified atom stereocenters. The molecule has 2 aromatic carbocycles. The van der Waals surface area contributed by atoms with E-state index < -0.39 is 17.5 Å². The largest absolute Gasteiger partial charge is 0.494 e. The molecule has 4 rings (SSSR count). The summed E-state index contributed by atoms with van der Waals surface area (Å²) in [5.74, 6) is -1.34. The standard InChI is InChI=1S/C26H29F3O/c1-3-4-16-5-7-17(8-6-16)18-9-11-20-19(15-18)10-12-21(24(20)27)22-13-14-23(30-2)26(29)25(22)28/h9-10,12-14,16-17H,3-8,11,15H2,1-2H3. The topological polar surface area (TPSA) is 9.23 Å². The van der Waals surface area contributed by atoms with Crippen LogP contribution in [-0.2, 0) is 12.8 Å². The maximum Gasteiger partial charge on any atom is 0.201 e. The molecule has 0 N–H and O–H groups in total. The predicted octanol–water partition coefficient (Wildman–Crippen LogP) is 7.41. The van der Waals surface area contributed by atoms with E-state index in [9.17, 15) is 8.78 Å². The van der Waals surface area contributed by atoms with Crippen LogP contribution < -0.4 is 4.74 Å². The molecule has 4 heteroatoms. The first-order chi connectivity index (χ1) is 14.5. The van der Waals surface area contributed by atoms with Gasteiger partial charge in [-0.3, -0.25) is 0 Å². The van der Waals surface area contributed by atoms with E-state index >= 15 is 4.39 Å². The van der Waals surface area contributed by atoms with Crippen LogP contribution in [-0.4, -0.2) is 7.11 Å². The lowest BCUT2D eigenvalue weighted by Gasteiger charge is -2.32. The van der Waals surface area contributed by atoms with Crippen molar-refractivity contribution in [2.45, 2.75) is 58.3 Å². The third-order valence-electron chi connectivity index (χ3n) is 6.93. The van der Waals surface area contributed by atoms with Crippen LogP contribution in [0.15, 0.2) is 35.9 Å². The van der Waals surface area contributed by atoms with Gasteiger partial charge < -0.3 is 4.74 Å². The summed E-state index contributed by atoms with van der Waals surface area (Å²) in [5.41, 5.74) is 3.03. The van der Waals surface area contributed by atoms with Crippen LogP contribution in [0.4, 0.5) is 13.2 Å². The lowest BCUT2D eigenvalue weighted by Crippen LogP contribution is -2.19.